The second kappa shape index (κ2) is 6.89. The average Bonchev–Trinajstić information content (AvgIpc) is 2.33. The normalized spacial score (nSPS) is 10.7. The molecule has 0 saturated heterocycles. The molecule has 1 heterocycles. The molecule has 1 aromatic rings. The second-order valence-electron chi connectivity index (χ2n) is 4.57. The molecule has 0 amide bonds. The molecule has 0 bridgehead atoms. The zero-order valence-electron chi connectivity index (χ0n) is 11.7. The Balaban J connectivity index is 2.76. The summed E-state index contributed by atoms with van der Waals surface area (Å²) in [5.41, 5.74) is 5.46. The van der Waals surface area contributed by atoms with Crippen LogP contribution in [0.5, 0.6) is 0 Å². The van der Waals surface area contributed by atoms with Crippen LogP contribution in [0.25, 0.3) is 0 Å². The third-order valence-corrected chi connectivity index (χ3v) is 2.82. The van der Waals surface area contributed by atoms with E-state index in [2.05, 4.69) is 14.8 Å². The monoisotopic (exact) mass is 267 g/mol. The van der Waals surface area contributed by atoms with E-state index < -0.39 is 4.92 Å². The van der Waals surface area contributed by atoms with Crippen molar-refractivity contribution in [3.05, 3.63) is 22.2 Å². The Labute approximate surface area is 113 Å². The van der Waals surface area contributed by atoms with Crippen LogP contribution in [-0.2, 0) is 0 Å². The minimum atomic E-state index is -0.519. The standard InChI is InChI=1S/C12H21N5O2/c1-4-16(9-5-8-15(2)3)11-7-6-10(17(18)19)12(13)14-11/h6-7H,4-5,8-9H2,1-3H3,(H2,13,14). The van der Waals surface area contributed by atoms with E-state index in [0.29, 0.717) is 5.82 Å². The van der Waals surface area contributed by atoms with Gasteiger partial charge in [-0.2, -0.15) is 0 Å². The Morgan fingerprint density at radius 1 is 1.37 bits per heavy atom. The van der Waals surface area contributed by atoms with Gasteiger partial charge in [-0.3, -0.25) is 10.1 Å². The summed E-state index contributed by atoms with van der Waals surface area (Å²) in [4.78, 5) is 18.5. The summed E-state index contributed by atoms with van der Waals surface area (Å²) in [6.45, 7) is 4.64. The largest absolute Gasteiger partial charge is 0.378 e. The van der Waals surface area contributed by atoms with Gasteiger partial charge in [-0.05, 0) is 40.1 Å². The molecule has 7 nitrogen and oxygen atoms in total. The van der Waals surface area contributed by atoms with Crippen molar-refractivity contribution < 1.29 is 4.92 Å². The Kier molecular flexibility index (Phi) is 5.50. The van der Waals surface area contributed by atoms with E-state index in [1.54, 1.807) is 6.07 Å². The van der Waals surface area contributed by atoms with Crippen LogP contribution in [0.3, 0.4) is 0 Å². The van der Waals surface area contributed by atoms with Gasteiger partial charge in [0, 0.05) is 19.2 Å². The molecule has 0 unspecified atom stereocenters. The highest BCUT2D eigenvalue weighted by atomic mass is 16.6. The Morgan fingerprint density at radius 2 is 2.05 bits per heavy atom. The molecule has 1 rings (SSSR count). The lowest BCUT2D eigenvalue weighted by atomic mass is 10.3. The number of aromatic nitrogens is 1. The molecule has 0 aromatic carbocycles. The maximum atomic E-state index is 10.7. The SMILES string of the molecule is CCN(CCCN(C)C)c1ccc([N+](=O)[O-])c(N)n1. The number of hydrogen-bond donors (Lipinski definition) is 1. The smallest absolute Gasteiger partial charge is 0.311 e. The lowest BCUT2D eigenvalue weighted by Crippen LogP contribution is -2.28. The van der Waals surface area contributed by atoms with E-state index in [0.717, 1.165) is 26.1 Å². The lowest BCUT2D eigenvalue weighted by Gasteiger charge is -2.22. The first-order chi connectivity index (χ1) is 8.95. The number of anilines is 2. The number of nitro groups is 1. The van der Waals surface area contributed by atoms with Crippen LogP contribution in [-0.4, -0.2) is 48.5 Å². The molecule has 1 aromatic heterocycles. The minimum Gasteiger partial charge on any atom is -0.378 e. The van der Waals surface area contributed by atoms with Crippen molar-refractivity contribution in [3.8, 4) is 0 Å². The molecule has 0 spiro atoms. The summed E-state index contributed by atoms with van der Waals surface area (Å²) in [7, 11) is 4.05. The number of nitrogens with zero attached hydrogens (tertiary/aromatic N) is 4. The van der Waals surface area contributed by atoms with Crippen molar-refractivity contribution in [2.45, 2.75) is 13.3 Å². The zero-order chi connectivity index (χ0) is 14.4. The van der Waals surface area contributed by atoms with Gasteiger partial charge in [0.05, 0.1) is 4.92 Å². The zero-order valence-corrected chi connectivity index (χ0v) is 11.7. The first-order valence-corrected chi connectivity index (χ1v) is 6.26. The van der Waals surface area contributed by atoms with Crippen molar-refractivity contribution in [2.75, 3.05) is 44.4 Å². The molecule has 0 saturated carbocycles. The van der Waals surface area contributed by atoms with Gasteiger partial charge >= 0.3 is 5.69 Å². The molecular formula is C12H21N5O2. The quantitative estimate of drug-likeness (QED) is 0.592. The lowest BCUT2D eigenvalue weighted by molar-refractivity contribution is -0.384. The van der Waals surface area contributed by atoms with Crippen LogP contribution in [0, 0.1) is 10.1 Å². The molecule has 0 aliphatic carbocycles. The average molecular weight is 267 g/mol. The fourth-order valence-electron chi connectivity index (χ4n) is 1.80. The van der Waals surface area contributed by atoms with E-state index in [-0.39, 0.29) is 11.5 Å². The number of nitrogens with two attached hydrogens (primary N) is 1. The van der Waals surface area contributed by atoms with Crippen LogP contribution in [0.1, 0.15) is 13.3 Å². The minimum absolute atomic E-state index is 0.0337. The van der Waals surface area contributed by atoms with Crippen molar-refractivity contribution in [1.29, 1.82) is 0 Å². The van der Waals surface area contributed by atoms with Crippen molar-refractivity contribution in [2.24, 2.45) is 0 Å². The topological polar surface area (TPSA) is 88.5 Å². The number of hydrogen-bond acceptors (Lipinski definition) is 6. The molecule has 7 heteroatoms. The Morgan fingerprint density at radius 3 is 2.53 bits per heavy atom. The van der Waals surface area contributed by atoms with Crippen LogP contribution in [0.4, 0.5) is 17.3 Å². The molecular weight excluding hydrogens is 246 g/mol. The third kappa shape index (κ3) is 4.36. The van der Waals surface area contributed by atoms with Crippen LogP contribution >= 0.6 is 0 Å². The van der Waals surface area contributed by atoms with Crippen LogP contribution in [0.15, 0.2) is 12.1 Å². The van der Waals surface area contributed by atoms with Gasteiger partial charge in [-0.1, -0.05) is 0 Å². The van der Waals surface area contributed by atoms with Crippen LogP contribution in [0.2, 0.25) is 0 Å². The van der Waals surface area contributed by atoms with E-state index in [9.17, 15) is 10.1 Å². The van der Waals surface area contributed by atoms with E-state index >= 15 is 0 Å². The van der Waals surface area contributed by atoms with Crippen molar-refractivity contribution in [3.63, 3.8) is 0 Å². The van der Waals surface area contributed by atoms with E-state index in [1.807, 2.05) is 21.0 Å². The summed E-state index contributed by atoms with van der Waals surface area (Å²) in [5.74, 6) is 0.651. The van der Waals surface area contributed by atoms with E-state index in [4.69, 9.17) is 5.73 Å². The molecule has 0 atom stereocenters. The summed E-state index contributed by atoms with van der Waals surface area (Å²) in [6, 6.07) is 3.06. The highest BCUT2D eigenvalue weighted by molar-refractivity contribution is 5.57. The van der Waals surface area contributed by atoms with Gasteiger partial charge in [0.2, 0.25) is 5.82 Å². The van der Waals surface area contributed by atoms with Gasteiger partial charge in [-0.25, -0.2) is 4.98 Å². The van der Waals surface area contributed by atoms with Gasteiger partial charge in [0.25, 0.3) is 0 Å². The molecule has 19 heavy (non-hydrogen) atoms. The summed E-state index contributed by atoms with van der Waals surface area (Å²) in [5, 5.41) is 10.7. The molecule has 0 fully saturated rings. The maximum Gasteiger partial charge on any atom is 0.311 e. The predicted molar refractivity (Wildman–Crippen MR) is 76.4 cm³/mol. The van der Waals surface area contributed by atoms with Gasteiger partial charge in [0.1, 0.15) is 5.82 Å². The van der Waals surface area contributed by atoms with Crippen molar-refractivity contribution >= 4 is 17.3 Å². The predicted octanol–water partition coefficient (Wildman–Crippen LogP) is 1.35. The van der Waals surface area contributed by atoms with E-state index in [1.165, 1.54) is 6.07 Å². The number of pyridine rings is 1. The highest BCUT2D eigenvalue weighted by Crippen LogP contribution is 2.22. The summed E-state index contributed by atoms with van der Waals surface area (Å²) >= 11 is 0. The fraction of sp³-hybridized carbons (Fsp3) is 0.583. The first-order valence-electron chi connectivity index (χ1n) is 6.26. The maximum absolute atomic E-state index is 10.7. The van der Waals surface area contributed by atoms with Gasteiger partial charge in [-0.15, -0.1) is 0 Å². The van der Waals surface area contributed by atoms with Crippen LogP contribution < -0.4 is 10.6 Å². The van der Waals surface area contributed by atoms with Crippen molar-refractivity contribution in [1.82, 2.24) is 9.88 Å². The third-order valence-electron chi connectivity index (χ3n) is 2.82. The molecule has 2 N–H and O–H groups in total. The van der Waals surface area contributed by atoms with Gasteiger partial charge in [0.15, 0.2) is 0 Å². The molecule has 106 valence electrons. The highest BCUT2D eigenvalue weighted by Gasteiger charge is 2.15. The van der Waals surface area contributed by atoms with Gasteiger partial charge < -0.3 is 15.5 Å². The Bertz CT molecular complexity index is 436. The second-order valence-corrected chi connectivity index (χ2v) is 4.57. The number of nitrogen functional groups attached to an aromatic ring is 1. The summed E-state index contributed by atoms with van der Waals surface area (Å²) < 4.78 is 0. The first kappa shape index (κ1) is 15.2. The molecule has 0 aliphatic rings. The molecule has 0 aliphatic heterocycles. The fourth-order valence-corrected chi connectivity index (χ4v) is 1.80. The Hall–Kier alpha value is -1.89. The molecule has 0 radical (unpaired) electrons. The number of rotatable bonds is 7. The summed E-state index contributed by atoms with van der Waals surface area (Å²) in [6.07, 6.45) is 0.999.